The molecule has 1 heterocycles. The lowest BCUT2D eigenvalue weighted by Gasteiger charge is -2.68. The van der Waals surface area contributed by atoms with Crippen LogP contribution in [0.5, 0.6) is 0 Å². The predicted octanol–water partition coefficient (Wildman–Crippen LogP) is 2.64. The summed E-state index contributed by atoms with van der Waals surface area (Å²) in [5.41, 5.74) is -1.48. The first-order valence-electron chi connectivity index (χ1n) is 5.82. The summed E-state index contributed by atoms with van der Waals surface area (Å²) >= 11 is 0. The zero-order valence-electron chi connectivity index (χ0n) is 9.09. The molecule has 2 nitrogen and oxygen atoms in total. The fourth-order valence-corrected chi connectivity index (χ4v) is 3.31. The fraction of sp³-hybridized carbons (Fsp3) is 1.00. The van der Waals surface area contributed by atoms with Crippen LogP contribution in [0.15, 0.2) is 0 Å². The van der Waals surface area contributed by atoms with E-state index < -0.39 is 24.5 Å². The van der Waals surface area contributed by atoms with Gasteiger partial charge in [0.25, 0.3) is 0 Å². The first-order chi connectivity index (χ1) is 7.48. The Bertz CT molecular complexity index is 301. The van der Waals surface area contributed by atoms with Crippen molar-refractivity contribution >= 4 is 7.12 Å². The van der Waals surface area contributed by atoms with Crippen LogP contribution in [0.3, 0.4) is 0 Å². The van der Waals surface area contributed by atoms with Gasteiger partial charge in [0.1, 0.15) is 0 Å². The van der Waals surface area contributed by atoms with Gasteiger partial charge in [-0.25, -0.2) is 0 Å². The fourth-order valence-electron chi connectivity index (χ4n) is 3.31. The number of alkyl halides is 3. The van der Waals surface area contributed by atoms with Crippen LogP contribution in [0.25, 0.3) is 0 Å². The number of hydrogen-bond acceptors (Lipinski definition) is 2. The summed E-state index contributed by atoms with van der Waals surface area (Å²) in [7, 11) is -0.612. The maximum atomic E-state index is 12.9. The molecule has 0 aromatic heterocycles. The lowest BCUT2D eigenvalue weighted by molar-refractivity contribution is -0.327. The molecule has 4 fully saturated rings. The third kappa shape index (κ3) is 1.17. The highest BCUT2D eigenvalue weighted by atomic mass is 19.4. The molecule has 4 rings (SSSR count). The van der Waals surface area contributed by atoms with Crippen molar-refractivity contribution in [1.82, 2.24) is 0 Å². The molecule has 3 aliphatic carbocycles. The van der Waals surface area contributed by atoms with E-state index in [1.54, 1.807) is 0 Å². The van der Waals surface area contributed by atoms with Crippen LogP contribution in [0.2, 0.25) is 5.82 Å². The Kier molecular flexibility index (Phi) is 2.15. The van der Waals surface area contributed by atoms with Crippen LogP contribution in [-0.4, -0.2) is 26.0 Å². The highest BCUT2D eigenvalue weighted by molar-refractivity contribution is 6.48. The second-order valence-corrected chi connectivity index (χ2v) is 5.22. The Labute approximate surface area is 92.6 Å². The number of hydrogen-bond donors (Lipinski definition) is 0. The zero-order chi connectivity index (χ0) is 11.6. The Morgan fingerprint density at radius 2 is 2.06 bits per heavy atom. The standard InChI is InChI=1S/C10H14BF3O2/c1-2-7-5-15-11(16-7)8-6-3-9(8,4-6)10(12,13)14/h6-8H,2-5H2,1H3. The topological polar surface area (TPSA) is 18.5 Å². The van der Waals surface area contributed by atoms with Crippen molar-refractivity contribution in [3.8, 4) is 0 Å². The third-order valence-corrected chi connectivity index (χ3v) is 4.48. The van der Waals surface area contributed by atoms with E-state index in [4.69, 9.17) is 9.31 Å². The minimum atomic E-state index is -4.09. The SMILES string of the molecule is CCC1COB(C2C3CC2(C(F)(F)F)C3)O1. The van der Waals surface area contributed by atoms with Crippen molar-refractivity contribution in [1.29, 1.82) is 0 Å². The van der Waals surface area contributed by atoms with E-state index in [0.29, 0.717) is 6.61 Å². The smallest absolute Gasteiger partial charge is 0.408 e. The van der Waals surface area contributed by atoms with Gasteiger partial charge >= 0.3 is 13.3 Å². The highest BCUT2D eigenvalue weighted by Gasteiger charge is 2.80. The molecule has 16 heavy (non-hydrogen) atoms. The van der Waals surface area contributed by atoms with Gasteiger partial charge in [0.2, 0.25) is 0 Å². The minimum Gasteiger partial charge on any atom is -0.408 e. The maximum Gasteiger partial charge on any atom is 0.461 e. The molecule has 0 aromatic rings. The lowest BCUT2D eigenvalue weighted by atomic mass is 9.28. The van der Waals surface area contributed by atoms with E-state index >= 15 is 0 Å². The third-order valence-electron chi connectivity index (χ3n) is 4.48. The molecule has 3 saturated carbocycles. The van der Waals surface area contributed by atoms with Crippen LogP contribution >= 0.6 is 0 Å². The van der Waals surface area contributed by atoms with E-state index in [1.165, 1.54) is 0 Å². The molecule has 0 aromatic carbocycles. The van der Waals surface area contributed by atoms with Crippen molar-refractivity contribution in [3.63, 3.8) is 0 Å². The van der Waals surface area contributed by atoms with E-state index in [-0.39, 0.29) is 24.9 Å². The van der Waals surface area contributed by atoms with Crippen molar-refractivity contribution in [2.24, 2.45) is 11.3 Å². The van der Waals surface area contributed by atoms with Crippen LogP contribution < -0.4 is 0 Å². The molecule has 0 radical (unpaired) electrons. The van der Waals surface area contributed by atoms with Crippen LogP contribution in [0.4, 0.5) is 13.2 Å². The summed E-state index contributed by atoms with van der Waals surface area (Å²) in [6, 6.07) is 0. The molecule has 0 spiro atoms. The predicted molar refractivity (Wildman–Crippen MR) is 51.8 cm³/mol. The largest absolute Gasteiger partial charge is 0.461 e. The molecule has 0 amide bonds. The summed E-state index contributed by atoms with van der Waals surface area (Å²) in [6.07, 6.45) is -2.76. The van der Waals surface area contributed by atoms with Crippen molar-refractivity contribution in [2.75, 3.05) is 6.61 Å². The van der Waals surface area contributed by atoms with Gasteiger partial charge < -0.3 is 9.31 Å². The zero-order valence-corrected chi connectivity index (χ0v) is 9.09. The summed E-state index contributed by atoms with van der Waals surface area (Å²) in [5.74, 6) is -0.272. The summed E-state index contributed by atoms with van der Waals surface area (Å²) in [4.78, 5) is 0. The number of halogens is 3. The van der Waals surface area contributed by atoms with E-state index in [2.05, 4.69) is 0 Å². The minimum absolute atomic E-state index is 0.0183. The van der Waals surface area contributed by atoms with Gasteiger partial charge in [-0.2, -0.15) is 13.2 Å². The van der Waals surface area contributed by atoms with Gasteiger partial charge in [-0.15, -0.1) is 0 Å². The van der Waals surface area contributed by atoms with Crippen LogP contribution in [-0.2, 0) is 9.31 Å². The van der Waals surface area contributed by atoms with Gasteiger partial charge in [0, 0.05) is 5.82 Å². The Morgan fingerprint density at radius 3 is 2.44 bits per heavy atom. The van der Waals surface area contributed by atoms with Gasteiger partial charge in [0.15, 0.2) is 0 Å². The van der Waals surface area contributed by atoms with E-state index in [9.17, 15) is 13.2 Å². The quantitative estimate of drug-likeness (QED) is 0.683. The molecule has 6 heteroatoms. The highest BCUT2D eigenvalue weighted by Crippen LogP contribution is 2.79. The molecule has 2 unspecified atom stereocenters. The van der Waals surface area contributed by atoms with Gasteiger partial charge in [-0.05, 0) is 25.2 Å². The molecular weight excluding hydrogens is 220 g/mol. The van der Waals surface area contributed by atoms with Crippen molar-refractivity contribution in [2.45, 2.75) is 44.3 Å². The molecular formula is C10H14BF3O2. The average Bonchev–Trinajstić information content (AvgIpc) is 2.44. The van der Waals surface area contributed by atoms with Gasteiger partial charge in [0.05, 0.1) is 18.1 Å². The molecule has 2 bridgehead atoms. The first kappa shape index (κ1) is 10.9. The van der Waals surface area contributed by atoms with E-state index in [1.807, 2.05) is 6.92 Å². The van der Waals surface area contributed by atoms with Crippen LogP contribution in [0, 0.1) is 11.3 Å². The maximum absolute atomic E-state index is 12.9. The van der Waals surface area contributed by atoms with Crippen molar-refractivity contribution < 1.29 is 22.5 Å². The molecule has 2 atom stereocenters. The second-order valence-electron chi connectivity index (χ2n) is 5.22. The van der Waals surface area contributed by atoms with Gasteiger partial charge in [-0.1, -0.05) is 6.92 Å². The molecule has 90 valence electrons. The molecule has 0 N–H and O–H groups in total. The normalized spacial score (nSPS) is 46.5. The van der Waals surface area contributed by atoms with E-state index in [0.717, 1.165) is 6.42 Å². The monoisotopic (exact) mass is 234 g/mol. The number of rotatable bonds is 2. The summed E-state index contributed by atoms with van der Waals surface area (Å²) in [6.45, 7) is 2.40. The van der Waals surface area contributed by atoms with Gasteiger partial charge in [-0.3, -0.25) is 0 Å². The Hall–Kier alpha value is -0.225. The lowest BCUT2D eigenvalue weighted by Crippen LogP contribution is -2.69. The average molecular weight is 234 g/mol. The molecule has 4 aliphatic rings. The Morgan fingerprint density at radius 1 is 1.38 bits per heavy atom. The summed E-state index contributed by atoms with van der Waals surface area (Å²) in [5, 5.41) is 0. The second kappa shape index (κ2) is 3.16. The van der Waals surface area contributed by atoms with Crippen LogP contribution in [0.1, 0.15) is 26.2 Å². The summed E-state index contributed by atoms with van der Waals surface area (Å²) < 4.78 is 49.6. The first-order valence-corrected chi connectivity index (χ1v) is 5.82. The molecule has 1 saturated heterocycles. The molecule has 1 aliphatic heterocycles. The van der Waals surface area contributed by atoms with Crippen molar-refractivity contribution in [3.05, 3.63) is 0 Å². The Balaban J connectivity index is 1.70.